The van der Waals surface area contributed by atoms with Gasteiger partial charge in [-0.1, -0.05) is 24.3 Å². The SMILES string of the molecule is CN=C(NCc1cccc(N2CC=CC2)c1)N(C)CC1CCOC1. The van der Waals surface area contributed by atoms with E-state index in [1.165, 1.54) is 11.3 Å². The van der Waals surface area contributed by atoms with E-state index >= 15 is 0 Å². The largest absolute Gasteiger partial charge is 0.381 e. The van der Waals surface area contributed by atoms with Crippen molar-refractivity contribution >= 4 is 11.6 Å². The van der Waals surface area contributed by atoms with Crippen molar-refractivity contribution in [3.05, 3.63) is 42.0 Å². The van der Waals surface area contributed by atoms with Crippen LogP contribution in [0.5, 0.6) is 0 Å². The van der Waals surface area contributed by atoms with Crippen molar-refractivity contribution in [2.75, 3.05) is 51.8 Å². The molecule has 0 aliphatic carbocycles. The first-order valence-corrected chi connectivity index (χ1v) is 8.74. The van der Waals surface area contributed by atoms with Gasteiger partial charge < -0.3 is 19.9 Å². The van der Waals surface area contributed by atoms with E-state index in [9.17, 15) is 0 Å². The molecule has 1 atom stereocenters. The summed E-state index contributed by atoms with van der Waals surface area (Å²) in [6.45, 7) is 5.54. The second kappa shape index (κ2) is 8.20. The molecule has 24 heavy (non-hydrogen) atoms. The van der Waals surface area contributed by atoms with Gasteiger partial charge in [0.25, 0.3) is 0 Å². The number of rotatable bonds is 5. The molecule has 0 amide bonds. The average Bonchev–Trinajstić information content (AvgIpc) is 3.29. The number of benzene rings is 1. The fourth-order valence-electron chi connectivity index (χ4n) is 3.32. The monoisotopic (exact) mass is 328 g/mol. The third-order valence-corrected chi connectivity index (χ3v) is 4.67. The third kappa shape index (κ3) is 4.29. The smallest absolute Gasteiger partial charge is 0.193 e. The minimum atomic E-state index is 0.611. The quantitative estimate of drug-likeness (QED) is 0.510. The molecular weight excluding hydrogens is 300 g/mol. The summed E-state index contributed by atoms with van der Waals surface area (Å²) in [6, 6.07) is 8.74. The van der Waals surface area contributed by atoms with Crippen molar-refractivity contribution in [3.8, 4) is 0 Å². The number of aliphatic imine (C=N–C) groups is 1. The van der Waals surface area contributed by atoms with Crippen LogP contribution in [0.2, 0.25) is 0 Å². The normalized spacial score (nSPS) is 20.7. The van der Waals surface area contributed by atoms with Gasteiger partial charge in [0.05, 0.1) is 6.61 Å². The Labute approximate surface area is 145 Å². The minimum Gasteiger partial charge on any atom is -0.381 e. The summed E-state index contributed by atoms with van der Waals surface area (Å²) in [5.74, 6) is 1.55. The summed E-state index contributed by atoms with van der Waals surface area (Å²) >= 11 is 0. The highest BCUT2D eigenvalue weighted by Crippen LogP contribution is 2.18. The van der Waals surface area contributed by atoms with Gasteiger partial charge in [0.2, 0.25) is 0 Å². The summed E-state index contributed by atoms with van der Waals surface area (Å²) in [7, 11) is 3.94. The predicted molar refractivity (Wildman–Crippen MR) is 99.5 cm³/mol. The highest BCUT2D eigenvalue weighted by atomic mass is 16.5. The molecule has 130 valence electrons. The molecule has 1 unspecified atom stereocenters. The first-order chi connectivity index (χ1) is 11.8. The molecular formula is C19H28N4O. The molecule has 0 saturated carbocycles. The van der Waals surface area contributed by atoms with Gasteiger partial charge in [-0.15, -0.1) is 0 Å². The zero-order chi connectivity index (χ0) is 16.8. The molecule has 1 aromatic carbocycles. The van der Waals surface area contributed by atoms with E-state index in [1.54, 1.807) is 0 Å². The van der Waals surface area contributed by atoms with E-state index in [0.717, 1.165) is 51.8 Å². The second-order valence-corrected chi connectivity index (χ2v) is 6.56. The van der Waals surface area contributed by atoms with Gasteiger partial charge >= 0.3 is 0 Å². The molecule has 1 fully saturated rings. The van der Waals surface area contributed by atoms with Gasteiger partial charge in [0, 0.05) is 58.5 Å². The maximum Gasteiger partial charge on any atom is 0.193 e. The first kappa shape index (κ1) is 16.8. The Balaban J connectivity index is 1.54. The number of nitrogens with one attached hydrogen (secondary N) is 1. The lowest BCUT2D eigenvalue weighted by molar-refractivity contribution is 0.181. The lowest BCUT2D eigenvalue weighted by atomic mass is 10.1. The van der Waals surface area contributed by atoms with E-state index < -0.39 is 0 Å². The highest BCUT2D eigenvalue weighted by molar-refractivity contribution is 5.79. The van der Waals surface area contributed by atoms with Crippen molar-refractivity contribution in [3.63, 3.8) is 0 Å². The summed E-state index contributed by atoms with van der Waals surface area (Å²) < 4.78 is 5.47. The topological polar surface area (TPSA) is 40.1 Å². The number of hydrogen-bond donors (Lipinski definition) is 1. The molecule has 1 saturated heterocycles. The molecule has 0 aromatic heterocycles. The van der Waals surface area contributed by atoms with Crippen LogP contribution in [0.4, 0.5) is 5.69 Å². The molecule has 2 aliphatic heterocycles. The minimum absolute atomic E-state index is 0.611. The summed E-state index contributed by atoms with van der Waals surface area (Å²) in [4.78, 5) is 8.98. The Morgan fingerprint density at radius 3 is 2.92 bits per heavy atom. The number of anilines is 1. The first-order valence-electron chi connectivity index (χ1n) is 8.74. The van der Waals surface area contributed by atoms with Crippen LogP contribution in [0, 0.1) is 5.92 Å². The van der Waals surface area contributed by atoms with E-state index in [-0.39, 0.29) is 0 Å². The van der Waals surface area contributed by atoms with Gasteiger partial charge in [0.1, 0.15) is 0 Å². The van der Waals surface area contributed by atoms with Gasteiger partial charge in [0.15, 0.2) is 5.96 Å². The fourth-order valence-corrected chi connectivity index (χ4v) is 3.32. The Morgan fingerprint density at radius 2 is 2.21 bits per heavy atom. The van der Waals surface area contributed by atoms with Crippen LogP contribution in [0.1, 0.15) is 12.0 Å². The standard InChI is InChI=1S/C19H28N4O/c1-20-19(22(2)14-17-8-11-24-15-17)21-13-16-6-5-7-18(12-16)23-9-3-4-10-23/h3-7,12,17H,8-11,13-15H2,1-2H3,(H,20,21). The van der Waals surface area contributed by atoms with Crippen molar-refractivity contribution in [2.45, 2.75) is 13.0 Å². The van der Waals surface area contributed by atoms with Crippen LogP contribution in [0.3, 0.4) is 0 Å². The summed E-state index contributed by atoms with van der Waals surface area (Å²) in [5.41, 5.74) is 2.56. The van der Waals surface area contributed by atoms with E-state index in [4.69, 9.17) is 4.74 Å². The van der Waals surface area contributed by atoms with Crippen LogP contribution < -0.4 is 10.2 Å². The maximum absolute atomic E-state index is 5.47. The number of nitrogens with zero attached hydrogens (tertiary/aromatic N) is 3. The molecule has 0 bridgehead atoms. The lowest BCUT2D eigenvalue weighted by Gasteiger charge is -2.25. The Kier molecular flexibility index (Phi) is 5.75. The third-order valence-electron chi connectivity index (χ3n) is 4.67. The molecule has 5 nitrogen and oxygen atoms in total. The molecule has 2 aliphatic rings. The van der Waals surface area contributed by atoms with E-state index in [2.05, 4.69) is 63.6 Å². The van der Waals surface area contributed by atoms with Crippen molar-refractivity contribution in [1.82, 2.24) is 10.2 Å². The van der Waals surface area contributed by atoms with Crippen LogP contribution in [-0.4, -0.2) is 57.8 Å². The zero-order valence-corrected chi connectivity index (χ0v) is 14.7. The number of ether oxygens (including phenoxy) is 1. The van der Waals surface area contributed by atoms with Crippen molar-refractivity contribution in [1.29, 1.82) is 0 Å². The Hall–Kier alpha value is -2.01. The lowest BCUT2D eigenvalue weighted by Crippen LogP contribution is -2.41. The highest BCUT2D eigenvalue weighted by Gasteiger charge is 2.19. The molecule has 0 spiro atoms. The summed E-state index contributed by atoms with van der Waals surface area (Å²) in [5, 5.41) is 3.48. The van der Waals surface area contributed by atoms with Gasteiger partial charge in [-0.2, -0.15) is 0 Å². The molecule has 1 N–H and O–H groups in total. The fraction of sp³-hybridized carbons (Fsp3) is 0.526. The van der Waals surface area contributed by atoms with Crippen LogP contribution in [0.25, 0.3) is 0 Å². The zero-order valence-electron chi connectivity index (χ0n) is 14.7. The molecule has 0 radical (unpaired) electrons. The molecule has 5 heteroatoms. The molecule has 2 heterocycles. The molecule has 1 aromatic rings. The van der Waals surface area contributed by atoms with Crippen molar-refractivity contribution < 1.29 is 4.74 Å². The van der Waals surface area contributed by atoms with E-state index in [1.807, 2.05) is 7.05 Å². The second-order valence-electron chi connectivity index (χ2n) is 6.56. The van der Waals surface area contributed by atoms with Crippen LogP contribution in [0.15, 0.2) is 41.4 Å². The van der Waals surface area contributed by atoms with Gasteiger partial charge in [-0.25, -0.2) is 0 Å². The predicted octanol–water partition coefficient (Wildman–Crippen LogP) is 2.11. The number of guanidine groups is 1. The van der Waals surface area contributed by atoms with Gasteiger partial charge in [-0.05, 0) is 24.1 Å². The van der Waals surface area contributed by atoms with Crippen molar-refractivity contribution in [2.24, 2.45) is 10.9 Å². The van der Waals surface area contributed by atoms with Crippen LogP contribution in [-0.2, 0) is 11.3 Å². The number of hydrogen-bond acceptors (Lipinski definition) is 3. The van der Waals surface area contributed by atoms with E-state index in [0.29, 0.717) is 5.92 Å². The van der Waals surface area contributed by atoms with Gasteiger partial charge in [-0.3, -0.25) is 4.99 Å². The Bertz CT molecular complexity index is 585. The Morgan fingerprint density at radius 1 is 1.38 bits per heavy atom. The maximum atomic E-state index is 5.47. The average molecular weight is 328 g/mol. The molecule has 3 rings (SSSR count). The van der Waals surface area contributed by atoms with Crippen LogP contribution >= 0.6 is 0 Å². The summed E-state index contributed by atoms with van der Waals surface area (Å²) in [6.07, 6.45) is 5.58.